The average Bonchev–Trinajstić information content (AvgIpc) is 3.27. The highest BCUT2D eigenvalue weighted by molar-refractivity contribution is 8.00. The highest BCUT2D eigenvalue weighted by atomic mass is 32.2. The summed E-state index contributed by atoms with van der Waals surface area (Å²) in [4.78, 5) is 25.8. The SMILES string of the molecule is CC(NC(=O)c1ccccc1SCC(=O)NCC1CCCCC1)C1CCCO1. The van der Waals surface area contributed by atoms with Crippen LogP contribution in [0, 0.1) is 5.92 Å². The molecule has 1 heterocycles. The van der Waals surface area contributed by atoms with Crippen LogP contribution >= 0.6 is 11.8 Å². The molecule has 1 aliphatic heterocycles. The highest BCUT2D eigenvalue weighted by Crippen LogP contribution is 2.24. The first kappa shape index (κ1) is 21.2. The van der Waals surface area contributed by atoms with Crippen molar-refractivity contribution in [1.82, 2.24) is 10.6 Å². The summed E-state index contributed by atoms with van der Waals surface area (Å²) in [5.41, 5.74) is 0.623. The zero-order chi connectivity index (χ0) is 19.8. The second-order valence-corrected chi connectivity index (χ2v) is 8.92. The number of amides is 2. The van der Waals surface area contributed by atoms with Gasteiger partial charge in [0.05, 0.1) is 23.5 Å². The zero-order valence-corrected chi connectivity index (χ0v) is 17.6. The quantitative estimate of drug-likeness (QED) is 0.647. The number of nitrogens with one attached hydrogen (secondary N) is 2. The van der Waals surface area contributed by atoms with Crippen molar-refractivity contribution in [3.63, 3.8) is 0 Å². The van der Waals surface area contributed by atoms with Crippen molar-refractivity contribution in [1.29, 1.82) is 0 Å². The fraction of sp³-hybridized carbons (Fsp3) is 0.636. The Bertz CT molecular complexity index is 655. The fourth-order valence-electron chi connectivity index (χ4n) is 4.00. The molecule has 3 rings (SSSR count). The molecule has 2 atom stereocenters. The van der Waals surface area contributed by atoms with Gasteiger partial charge in [0.1, 0.15) is 0 Å². The molecular weight excluding hydrogens is 372 g/mol. The first-order valence-electron chi connectivity index (χ1n) is 10.5. The third-order valence-electron chi connectivity index (χ3n) is 5.68. The van der Waals surface area contributed by atoms with Crippen LogP contribution in [0.3, 0.4) is 0 Å². The molecule has 2 unspecified atom stereocenters. The summed E-state index contributed by atoms with van der Waals surface area (Å²) in [5, 5.41) is 6.12. The molecule has 2 fully saturated rings. The van der Waals surface area contributed by atoms with E-state index in [4.69, 9.17) is 4.74 Å². The lowest BCUT2D eigenvalue weighted by atomic mass is 9.89. The third-order valence-corrected chi connectivity index (χ3v) is 6.76. The lowest BCUT2D eigenvalue weighted by molar-refractivity contribution is -0.118. The van der Waals surface area contributed by atoms with Crippen LogP contribution in [0.25, 0.3) is 0 Å². The smallest absolute Gasteiger partial charge is 0.252 e. The number of thioether (sulfide) groups is 1. The minimum atomic E-state index is -0.103. The maximum atomic E-state index is 12.7. The van der Waals surface area contributed by atoms with Gasteiger partial charge in [-0.3, -0.25) is 9.59 Å². The van der Waals surface area contributed by atoms with Crippen molar-refractivity contribution in [3.05, 3.63) is 29.8 Å². The lowest BCUT2D eigenvalue weighted by Gasteiger charge is -2.22. The molecule has 2 N–H and O–H groups in total. The second-order valence-electron chi connectivity index (χ2n) is 7.91. The Morgan fingerprint density at radius 2 is 1.93 bits per heavy atom. The minimum absolute atomic E-state index is 0.0214. The molecule has 5 nitrogen and oxygen atoms in total. The van der Waals surface area contributed by atoms with Crippen LogP contribution in [0.2, 0.25) is 0 Å². The van der Waals surface area contributed by atoms with Crippen molar-refractivity contribution >= 4 is 23.6 Å². The first-order valence-corrected chi connectivity index (χ1v) is 11.5. The molecule has 1 aliphatic carbocycles. The monoisotopic (exact) mass is 404 g/mol. The summed E-state index contributed by atoms with van der Waals surface area (Å²) in [7, 11) is 0. The number of carbonyl (C=O) groups excluding carboxylic acids is 2. The van der Waals surface area contributed by atoms with E-state index in [9.17, 15) is 9.59 Å². The van der Waals surface area contributed by atoms with E-state index in [2.05, 4.69) is 10.6 Å². The van der Waals surface area contributed by atoms with Gasteiger partial charge in [-0.1, -0.05) is 31.4 Å². The van der Waals surface area contributed by atoms with Crippen molar-refractivity contribution in [2.24, 2.45) is 5.92 Å². The maximum Gasteiger partial charge on any atom is 0.252 e. The summed E-state index contributed by atoms with van der Waals surface area (Å²) < 4.78 is 5.66. The molecular formula is C22H32N2O3S. The van der Waals surface area contributed by atoms with Crippen LogP contribution in [-0.4, -0.2) is 42.9 Å². The van der Waals surface area contributed by atoms with Gasteiger partial charge in [-0.05, 0) is 50.7 Å². The highest BCUT2D eigenvalue weighted by Gasteiger charge is 2.24. The van der Waals surface area contributed by atoms with Crippen molar-refractivity contribution in [2.45, 2.75) is 68.9 Å². The molecule has 0 radical (unpaired) electrons. The number of rotatable bonds is 8. The van der Waals surface area contributed by atoms with Gasteiger partial charge >= 0.3 is 0 Å². The second kappa shape index (κ2) is 10.9. The van der Waals surface area contributed by atoms with E-state index in [0.29, 0.717) is 17.2 Å². The zero-order valence-electron chi connectivity index (χ0n) is 16.7. The fourth-order valence-corrected chi connectivity index (χ4v) is 4.88. The van der Waals surface area contributed by atoms with Crippen molar-refractivity contribution in [3.8, 4) is 0 Å². The Balaban J connectivity index is 1.48. The lowest BCUT2D eigenvalue weighted by Crippen LogP contribution is -2.41. The Kier molecular flexibility index (Phi) is 8.22. The third kappa shape index (κ3) is 6.24. The van der Waals surface area contributed by atoms with Crippen molar-refractivity contribution in [2.75, 3.05) is 18.9 Å². The number of benzene rings is 1. The van der Waals surface area contributed by atoms with E-state index in [-0.39, 0.29) is 24.0 Å². The van der Waals surface area contributed by atoms with Gasteiger partial charge in [0.25, 0.3) is 5.91 Å². The van der Waals surface area contributed by atoms with E-state index in [1.807, 2.05) is 31.2 Å². The number of ether oxygens (including phenoxy) is 1. The standard InChI is InChI=1S/C22H32N2O3S/c1-16(19-11-7-13-27-19)24-22(26)18-10-5-6-12-20(18)28-15-21(25)23-14-17-8-3-2-4-9-17/h5-6,10,12,16-17,19H,2-4,7-9,11,13-15H2,1H3,(H,23,25)(H,24,26). The Hall–Kier alpha value is -1.53. The Labute approximate surface area is 172 Å². The maximum absolute atomic E-state index is 12.7. The first-order chi connectivity index (χ1) is 13.6. The van der Waals surface area contributed by atoms with E-state index >= 15 is 0 Å². The molecule has 1 saturated heterocycles. The van der Waals surface area contributed by atoms with E-state index in [1.165, 1.54) is 43.9 Å². The molecule has 0 spiro atoms. The molecule has 1 aromatic carbocycles. The van der Waals surface area contributed by atoms with Crippen LogP contribution < -0.4 is 10.6 Å². The summed E-state index contributed by atoms with van der Waals surface area (Å²) in [6.45, 7) is 3.54. The predicted octanol–water partition coefficient (Wildman–Crippen LogP) is 3.77. The van der Waals surface area contributed by atoms with Crippen LogP contribution in [-0.2, 0) is 9.53 Å². The molecule has 1 aromatic rings. The van der Waals surface area contributed by atoms with Gasteiger partial charge in [-0.15, -0.1) is 11.8 Å². The molecule has 2 aliphatic rings. The number of carbonyl (C=O) groups is 2. The van der Waals surface area contributed by atoms with Gasteiger partial charge in [0.2, 0.25) is 5.91 Å². The normalized spacial score (nSPS) is 21.2. The van der Waals surface area contributed by atoms with Crippen LogP contribution in [0.15, 0.2) is 29.2 Å². The van der Waals surface area contributed by atoms with Crippen molar-refractivity contribution < 1.29 is 14.3 Å². The molecule has 28 heavy (non-hydrogen) atoms. The molecule has 1 saturated carbocycles. The van der Waals surface area contributed by atoms with E-state index < -0.39 is 0 Å². The molecule has 0 bridgehead atoms. The van der Waals surface area contributed by atoms with E-state index in [1.54, 1.807) is 0 Å². The number of hydrogen-bond donors (Lipinski definition) is 2. The number of hydrogen-bond acceptors (Lipinski definition) is 4. The van der Waals surface area contributed by atoms with Gasteiger partial charge < -0.3 is 15.4 Å². The molecule has 2 amide bonds. The van der Waals surface area contributed by atoms with E-state index in [0.717, 1.165) is 30.9 Å². The summed E-state index contributed by atoms with van der Waals surface area (Å²) in [6, 6.07) is 7.47. The molecule has 6 heteroatoms. The Morgan fingerprint density at radius 1 is 1.14 bits per heavy atom. The van der Waals surface area contributed by atoms with Gasteiger partial charge in [-0.25, -0.2) is 0 Å². The van der Waals surface area contributed by atoms with Gasteiger partial charge in [0, 0.05) is 18.0 Å². The topological polar surface area (TPSA) is 67.4 Å². The summed E-state index contributed by atoms with van der Waals surface area (Å²) >= 11 is 1.43. The summed E-state index contributed by atoms with van der Waals surface area (Å²) in [6.07, 6.45) is 8.45. The molecule has 154 valence electrons. The average molecular weight is 405 g/mol. The van der Waals surface area contributed by atoms with Crippen LogP contribution in [0.5, 0.6) is 0 Å². The van der Waals surface area contributed by atoms with Crippen LogP contribution in [0.1, 0.15) is 62.2 Å². The predicted molar refractivity (Wildman–Crippen MR) is 113 cm³/mol. The Morgan fingerprint density at radius 3 is 2.68 bits per heavy atom. The largest absolute Gasteiger partial charge is 0.376 e. The van der Waals surface area contributed by atoms with Gasteiger partial charge in [-0.2, -0.15) is 0 Å². The van der Waals surface area contributed by atoms with Gasteiger partial charge in [0.15, 0.2) is 0 Å². The minimum Gasteiger partial charge on any atom is -0.376 e. The van der Waals surface area contributed by atoms with Crippen LogP contribution in [0.4, 0.5) is 0 Å². The summed E-state index contributed by atoms with van der Waals surface area (Å²) in [5.74, 6) is 0.894. The molecule has 0 aromatic heterocycles.